The zero-order valence-corrected chi connectivity index (χ0v) is 11.4. The van der Waals surface area contributed by atoms with Gasteiger partial charge in [0.15, 0.2) is 0 Å². The summed E-state index contributed by atoms with van der Waals surface area (Å²) in [5.41, 5.74) is 0. The summed E-state index contributed by atoms with van der Waals surface area (Å²) in [6, 6.07) is 0. The lowest BCUT2D eigenvalue weighted by molar-refractivity contribution is 0.709. The lowest BCUT2D eigenvalue weighted by Crippen LogP contribution is -2.15. The second-order valence-electron chi connectivity index (χ2n) is 3.67. The van der Waals surface area contributed by atoms with E-state index in [1.807, 2.05) is 23.5 Å². The van der Waals surface area contributed by atoms with Gasteiger partial charge in [-0.3, -0.25) is 0 Å². The summed E-state index contributed by atoms with van der Waals surface area (Å²) in [6.07, 6.45) is 7.33. The Labute approximate surface area is 95.4 Å². The second-order valence-corrected chi connectivity index (χ2v) is 7.59. The molecular formula is C10H20S3. The van der Waals surface area contributed by atoms with E-state index in [-0.39, 0.29) is 0 Å². The smallest absolute Gasteiger partial charge is 0.0167 e. The van der Waals surface area contributed by atoms with Crippen molar-refractivity contribution in [1.29, 1.82) is 0 Å². The number of rotatable bonds is 4. The van der Waals surface area contributed by atoms with Crippen LogP contribution in [0.3, 0.4) is 0 Å². The Morgan fingerprint density at radius 1 is 1.00 bits per heavy atom. The molecule has 0 radical (unpaired) electrons. The topological polar surface area (TPSA) is 0 Å². The molecule has 0 aromatic heterocycles. The van der Waals surface area contributed by atoms with Crippen molar-refractivity contribution in [2.24, 2.45) is 0 Å². The molecule has 0 saturated carbocycles. The highest BCUT2D eigenvalue weighted by atomic mass is 32.2. The summed E-state index contributed by atoms with van der Waals surface area (Å²) in [5, 5.41) is 3.50. The van der Waals surface area contributed by atoms with Gasteiger partial charge in [0.1, 0.15) is 0 Å². The first-order valence-electron chi connectivity index (χ1n) is 4.90. The van der Waals surface area contributed by atoms with Crippen molar-refractivity contribution in [3.63, 3.8) is 0 Å². The summed E-state index contributed by atoms with van der Waals surface area (Å²) < 4.78 is 0. The van der Waals surface area contributed by atoms with Gasteiger partial charge in [0.05, 0.1) is 0 Å². The fraction of sp³-hybridized carbons (Fsp3) is 1.00. The summed E-state index contributed by atoms with van der Waals surface area (Å²) in [5.74, 6) is 0. The molecule has 1 aliphatic rings. The third-order valence-electron chi connectivity index (χ3n) is 2.88. The summed E-state index contributed by atoms with van der Waals surface area (Å²) in [4.78, 5) is 0. The SMILES string of the molecule is CSC(C)C1CCC(C(C)SC)S1. The first-order chi connectivity index (χ1) is 6.19. The van der Waals surface area contributed by atoms with Crippen LogP contribution < -0.4 is 0 Å². The molecule has 0 N–H and O–H groups in total. The van der Waals surface area contributed by atoms with E-state index in [1.165, 1.54) is 12.8 Å². The largest absolute Gasteiger partial charge is 0.161 e. The predicted molar refractivity (Wildman–Crippen MR) is 70.4 cm³/mol. The maximum absolute atomic E-state index is 2.37. The zero-order valence-electron chi connectivity index (χ0n) is 8.95. The monoisotopic (exact) mass is 236 g/mol. The van der Waals surface area contributed by atoms with Crippen LogP contribution in [0.2, 0.25) is 0 Å². The molecule has 1 aliphatic heterocycles. The fourth-order valence-electron chi connectivity index (χ4n) is 1.68. The van der Waals surface area contributed by atoms with Crippen molar-refractivity contribution in [2.75, 3.05) is 12.5 Å². The minimum atomic E-state index is 0.837. The molecule has 3 heteroatoms. The number of thioether (sulfide) groups is 3. The number of hydrogen-bond acceptors (Lipinski definition) is 3. The molecule has 0 aliphatic carbocycles. The van der Waals surface area contributed by atoms with Crippen molar-refractivity contribution < 1.29 is 0 Å². The molecule has 1 fully saturated rings. The van der Waals surface area contributed by atoms with Gasteiger partial charge in [0, 0.05) is 21.0 Å². The van der Waals surface area contributed by atoms with Crippen molar-refractivity contribution in [3.8, 4) is 0 Å². The van der Waals surface area contributed by atoms with Gasteiger partial charge < -0.3 is 0 Å². The van der Waals surface area contributed by atoms with E-state index >= 15 is 0 Å². The highest BCUT2D eigenvalue weighted by Gasteiger charge is 2.31. The van der Waals surface area contributed by atoms with Crippen LogP contribution in [-0.2, 0) is 0 Å². The summed E-state index contributed by atoms with van der Waals surface area (Å²) >= 11 is 6.27. The van der Waals surface area contributed by atoms with Crippen LogP contribution in [0.25, 0.3) is 0 Å². The van der Waals surface area contributed by atoms with Crippen LogP contribution in [-0.4, -0.2) is 33.5 Å². The van der Waals surface area contributed by atoms with E-state index < -0.39 is 0 Å². The third kappa shape index (κ3) is 3.28. The molecule has 4 atom stereocenters. The predicted octanol–water partition coefficient (Wildman–Crippen LogP) is 3.75. The molecule has 78 valence electrons. The van der Waals surface area contributed by atoms with Gasteiger partial charge in [0.2, 0.25) is 0 Å². The van der Waals surface area contributed by atoms with Gasteiger partial charge in [-0.15, -0.1) is 0 Å². The third-order valence-corrected chi connectivity index (χ3v) is 7.35. The Hall–Kier alpha value is 1.05. The van der Waals surface area contributed by atoms with Crippen molar-refractivity contribution in [1.82, 2.24) is 0 Å². The van der Waals surface area contributed by atoms with E-state index in [4.69, 9.17) is 0 Å². The maximum Gasteiger partial charge on any atom is 0.0167 e. The minimum absolute atomic E-state index is 0.837. The molecule has 1 rings (SSSR count). The average molecular weight is 236 g/mol. The van der Waals surface area contributed by atoms with Crippen LogP contribution in [0.1, 0.15) is 26.7 Å². The number of hydrogen-bond donors (Lipinski definition) is 0. The van der Waals surface area contributed by atoms with Crippen LogP contribution in [0.5, 0.6) is 0 Å². The summed E-state index contributed by atoms with van der Waals surface area (Å²) in [6.45, 7) is 4.74. The molecule has 4 unspecified atom stereocenters. The lowest BCUT2D eigenvalue weighted by Gasteiger charge is -2.19. The lowest BCUT2D eigenvalue weighted by atomic mass is 10.1. The molecule has 13 heavy (non-hydrogen) atoms. The van der Waals surface area contributed by atoms with Crippen molar-refractivity contribution in [2.45, 2.75) is 47.7 Å². The van der Waals surface area contributed by atoms with Crippen LogP contribution in [0.4, 0.5) is 0 Å². The second kappa shape index (κ2) is 5.82. The van der Waals surface area contributed by atoms with Gasteiger partial charge in [-0.1, -0.05) is 13.8 Å². The van der Waals surface area contributed by atoms with Crippen LogP contribution in [0, 0.1) is 0 Å². The van der Waals surface area contributed by atoms with Crippen molar-refractivity contribution in [3.05, 3.63) is 0 Å². The Kier molecular flexibility index (Phi) is 5.42. The molecule has 0 amide bonds. The zero-order chi connectivity index (χ0) is 9.84. The summed E-state index contributed by atoms with van der Waals surface area (Å²) in [7, 11) is 0. The first kappa shape index (κ1) is 12.1. The van der Waals surface area contributed by atoms with Gasteiger partial charge in [-0.25, -0.2) is 0 Å². The Bertz CT molecular complexity index is 133. The Morgan fingerprint density at radius 2 is 1.38 bits per heavy atom. The standard InChI is InChI=1S/C10H20S3/c1-7(11-3)9-5-6-10(13-9)8(2)12-4/h7-10H,5-6H2,1-4H3. The van der Waals surface area contributed by atoms with Gasteiger partial charge in [0.25, 0.3) is 0 Å². The highest BCUT2D eigenvalue weighted by Crippen LogP contribution is 2.42. The van der Waals surface area contributed by atoms with E-state index in [1.54, 1.807) is 0 Å². The van der Waals surface area contributed by atoms with Crippen LogP contribution in [0.15, 0.2) is 0 Å². The van der Waals surface area contributed by atoms with Crippen LogP contribution >= 0.6 is 35.3 Å². The molecular weight excluding hydrogens is 216 g/mol. The molecule has 1 saturated heterocycles. The van der Waals surface area contributed by atoms with E-state index in [0.29, 0.717) is 0 Å². The van der Waals surface area contributed by atoms with E-state index in [2.05, 4.69) is 38.1 Å². The molecule has 0 aromatic carbocycles. The van der Waals surface area contributed by atoms with Gasteiger partial charge >= 0.3 is 0 Å². The van der Waals surface area contributed by atoms with E-state index in [9.17, 15) is 0 Å². The fourth-order valence-corrected chi connectivity index (χ4v) is 5.05. The Balaban J connectivity index is 2.35. The average Bonchev–Trinajstić information content (AvgIpc) is 2.64. The van der Waals surface area contributed by atoms with E-state index in [0.717, 1.165) is 21.0 Å². The molecule has 0 aromatic rings. The Morgan fingerprint density at radius 3 is 1.69 bits per heavy atom. The van der Waals surface area contributed by atoms with Crippen molar-refractivity contribution >= 4 is 35.3 Å². The quantitative estimate of drug-likeness (QED) is 0.729. The minimum Gasteiger partial charge on any atom is -0.161 e. The maximum atomic E-state index is 2.37. The normalized spacial score (nSPS) is 33.2. The first-order valence-corrected chi connectivity index (χ1v) is 8.42. The van der Waals surface area contributed by atoms with Gasteiger partial charge in [-0.2, -0.15) is 35.3 Å². The molecule has 1 heterocycles. The molecule has 0 bridgehead atoms. The molecule has 0 spiro atoms. The van der Waals surface area contributed by atoms with Gasteiger partial charge in [-0.05, 0) is 25.4 Å². The highest BCUT2D eigenvalue weighted by molar-refractivity contribution is 8.05. The molecule has 0 nitrogen and oxygen atoms in total.